The van der Waals surface area contributed by atoms with Gasteiger partial charge in [0.15, 0.2) is 11.6 Å². The van der Waals surface area contributed by atoms with Gasteiger partial charge in [-0.05, 0) is 48.7 Å². The molecule has 37 heavy (non-hydrogen) atoms. The van der Waals surface area contributed by atoms with Crippen LogP contribution in [-0.4, -0.2) is 54.9 Å². The molecule has 1 fully saturated rings. The molecule has 0 unspecified atom stereocenters. The van der Waals surface area contributed by atoms with E-state index in [2.05, 4.69) is 9.71 Å². The van der Waals surface area contributed by atoms with Gasteiger partial charge in [0.1, 0.15) is 18.2 Å². The number of likely N-dealkylation sites (tertiary alicyclic amines) is 1. The average Bonchev–Trinajstić information content (AvgIpc) is 2.87. The molecule has 3 aromatic rings. The van der Waals surface area contributed by atoms with Crippen molar-refractivity contribution in [2.24, 2.45) is 0 Å². The van der Waals surface area contributed by atoms with E-state index < -0.39 is 21.7 Å². The maximum atomic E-state index is 14.1. The molecule has 1 aliphatic rings. The SMILES string of the molecule is Nc1ncc(-c2ccc(NS(=O)(=O)CCN3CCC(O)CC3)cc2)cc1OCc1c(F)ccc(F)c1Cl. The molecule has 1 saturated heterocycles. The van der Waals surface area contributed by atoms with Gasteiger partial charge in [-0.15, -0.1) is 0 Å². The first-order valence-electron chi connectivity index (χ1n) is 11.6. The molecular formula is C25H27ClF2N4O4S. The number of aliphatic hydroxyl groups excluding tert-OH is 1. The number of sulfonamides is 1. The Balaban J connectivity index is 1.39. The number of piperidine rings is 1. The highest BCUT2D eigenvalue weighted by atomic mass is 35.5. The van der Waals surface area contributed by atoms with Crippen LogP contribution in [0.1, 0.15) is 18.4 Å². The predicted molar refractivity (Wildman–Crippen MR) is 139 cm³/mol. The van der Waals surface area contributed by atoms with Crippen LogP contribution in [0.5, 0.6) is 5.75 Å². The topological polar surface area (TPSA) is 118 Å². The molecule has 0 spiro atoms. The van der Waals surface area contributed by atoms with E-state index in [1.807, 2.05) is 4.90 Å². The first-order chi connectivity index (χ1) is 17.6. The molecule has 12 heteroatoms. The summed E-state index contributed by atoms with van der Waals surface area (Å²) in [6.07, 6.45) is 2.51. The minimum atomic E-state index is -3.55. The number of nitrogens with two attached hydrogens (primary N) is 1. The second kappa shape index (κ2) is 11.6. The lowest BCUT2D eigenvalue weighted by Crippen LogP contribution is -2.39. The van der Waals surface area contributed by atoms with Gasteiger partial charge in [0.05, 0.1) is 16.9 Å². The van der Waals surface area contributed by atoms with Gasteiger partial charge in [-0.2, -0.15) is 0 Å². The summed E-state index contributed by atoms with van der Waals surface area (Å²) in [7, 11) is -3.55. The normalized spacial score (nSPS) is 15.0. The molecule has 198 valence electrons. The number of halogens is 3. The van der Waals surface area contributed by atoms with Crippen molar-refractivity contribution in [2.45, 2.75) is 25.6 Å². The Bertz CT molecular complexity index is 1350. The van der Waals surface area contributed by atoms with Crippen molar-refractivity contribution in [1.82, 2.24) is 9.88 Å². The van der Waals surface area contributed by atoms with Crippen LogP contribution in [0.25, 0.3) is 11.1 Å². The fraction of sp³-hybridized carbons (Fsp3) is 0.320. The van der Waals surface area contributed by atoms with Crippen LogP contribution in [0.15, 0.2) is 48.7 Å². The van der Waals surface area contributed by atoms with Crippen molar-refractivity contribution in [3.63, 3.8) is 0 Å². The fourth-order valence-electron chi connectivity index (χ4n) is 3.93. The maximum Gasteiger partial charge on any atom is 0.233 e. The Morgan fingerprint density at radius 2 is 1.78 bits per heavy atom. The molecule has 4 rings (SSSR count). The molecular weight excluding hydrogens is 526 g/mol. The van der Waals surface area contributed by atoms with Crippen LogP contribution in [0.4, 0.5) is 20.3 Å². The van der Waals surface area contributed by atoms with Crippen LogP contribution in [0.2, 0.25) is 5.02 Å². The number of nitrogens with one attached hydrogen (secondary N) is 1. The third-order valence-corrected chi connectivity index (χ3v) is 7.79. The Morgan fingerprint density at radius 1 is 1.11 bits per heavy atom. The van der Waals surface area contributed by atoms with Crippen LogP contribution >= 0.6 is 11.6 Å². The second-order valence-electron chi connectivity index (χ2n) is 8.79. The van der Waals surface area contributed by atoms with Gasteiger partial charge in [0.2, 0.25) is 10.0 Å². The van der Waals surface area contributed by atoms with Crippen molar-refractivity contribution < 1.29 is 27.0 Å². The second-order valence-corrected chi connectivity index (χ2v) is 11.0. The highest BCUT2D eigenvalue weighted by Crippen LogP contribution is 2.30. The summed E-state index contributed by atoms with van der Waals surface area (Å²) in [4.78, 5) is 6.13. The molecule has 0 atom stereocenters. The molecule has 2 aromatic carbocycles. The number of nitrogen functional groups attached to an aromatic ring is 1. The number of rotatable bonds is 9. The minimum Gasteiger partial charge on any atom is -0.485 e. The summed E-state index contributed by atoms with van der Waals surface area (Å²) >= 11 is 5.85. The maximum absolute atomic E-state index is 14.1. The number of ether oxygens (including phenoxy) is 1. The number of aliphatic hydroxyl groups is 1. The molecule has 0 saturated carbocycles. The zero-order valence-corrected chi connectivity index (χ0v) is 21.4. The minimum absolute atomic E-state index is 0.0522. The van der Waals surface area contributed by atoms with Crippen molar-refractivity contribution in [2.75, 3.05) is 35.8 Å². The Hall–Kier alpha value is -2.99. The largest absolute Gasteiger partial charge is 0.485 e. The van der Waals surface area contributed by atoms with Crippen molar-refractivity contribution in [1.29, 1.82) is 0 Å². The van der Waals surface area contributed by atoms with Gasteiger partial charge >= 0.3 is 0 Å². The van der Waals surface area contributed by atoms with Crippen molar-refractivity contribution >= 4 is 33.1 Å². The van der Waals surface area contributed by atoms with Crippen LogP contribution < -0.4 is 15.2 Å². The first kappa shape index (κ1) is 27.1. The number of benzene rings is 2. The number of pyridine rings is 1. The highest BCUT2D eigenvalue weighted by Gasteiger charge is 2.20. The van der Waals surface area contributed by atoms with Crippen LogP contribution in [0, 0.1) is 11.6 Å². The lowest BCUT2D eigenvalue weighted by atomic mass is 10.1. The van der Waals surface area contributed by atoms with Gasteiger partial charge in [0, 0.05) is 42.6 Å². The van der Waals surface area contributed by atoms with E-state index >= 15 is 0 Å². The summed E-state index contributed by atoms with van der Waals surface area (Å²) in [6.45, 7) is 1.40. The van der Waals surface area contributed by atoms with Gasteiger partial charge in [0.25, 0.3) is 0 Å². The fourth-order valence-corrected chi connectivity index (χ4v) is 5.24. The molecule has 0 bridgehead atoms. The number of hydrogen-bond acceptors (Lipinski definition) is 7. The molecule has 8 nitrogen and oxygen atoms in total. The van der Waals surface area contributed by atoms with Gasteiger partial charge in [-0.3, -0.25) is 4.72 Å². The van der Waals surface area contributed by atoms with E-state index in [-0.39, 0.29) is 40.6 Å². The molecule has 0 radical (unpaired) electrons. The number of hydrogen-bond donors (Lipinski definition) is 3. The van der Waals surface area contributed by atoms with Crippen LogP contribution in [-0.2, 0) is 16.6 Å². The zero-order chi connectivity index (χ0) is 26.6. The lowest BCUT2D eigenvalue weighted by molar-refractivity contribution is 0.0856. The number of aromatic nitrogens is 1. The third-order valence-electron chi connectivity index (χ3n) is 6.12. The summed E-state index contributed by atoms with van der Waals surface area (Å²) in [6, 6.07) is 10.2. The number of anilines is 2. The zero-order valence-electron chi connectivity index (χ0n) is 19.8. The molecule has 4 N–H and O–H groups in total. The molecule has 1 aliphatic heterocycles. The summed E-state index contributed by atoms with van der Waals surface area (Å²) in [5.74, 6) is -1.30. The average molecular weight is 553 g/mol. The standard InChI is InChI=1S/C25H27ClF2N4O4S/c26-24-20(21(27)5-6-22(24)28)15-36-23-13-17(14-30-25(23)29)16-1-3-18(4-2-16)31-37(34,35)12-11-32-9-7-19(33)8-10-32/h1-6,13-14,19,31,33H,7-12,15H2,(H2,29,30). The Morgan fingerprint density at radius 3 is 2.49 bits per heavy atom. The van der Waals surface area contributed by atoms with E-state index in [1.165, 1.54) is 6.20 Å². The molecule has 0 aliphatic carbocycles. The third kappa shape index (κ3) is 7.07. The van der Waals surface area contributed by atoms with Gasteiger partial charge < -0.3 is 20.5 Å². The monoisotopic (exact) mass is 552 g/mol. The molecule has 2 heterocycles. The van der Waals surface area contributed by atoms with E-state index in [9.17, 15) is 22.3 Å². The summed E-state index contributed by atoms with van der Waals surface area (Å²) in [5, 5.41) is 9.22. The van der Waals surface area contributed by atoms with E-state index in [1.54, 1.807) is 30.3 Å². The first-order valence-corrected chi connectivity index (χ1v) is 13.7. The number of nitrogens with zero attached hydrogens (tertiary/aromatic N) is 2. The Labute approximate surface area is 219 Å². The summed E-state index contributed by atoms with van der Waals surface area (Å²) < 4.78 is 60.9. The highest BCUT2D eigenvalue weighted by molar-refractivity contribution is 7.92. The van der Waals surface area contributed by atoms with E-state index in [0.29, 0.717) is 49.3 Å². The van der Waals surface area contributed by atoms with Crippen LogP contribution in [0.3, 0.4) is 0 Å². The predicted octanol–water partition coefficient (Wildman–Crippen LogP) is 4.04. The quantitative estimate of drug-likeness (QED) is 0.343. The molecule has 0 amide bonds. The van der Waals surface area contributed by atoms with Gasteiger partial charge in [-0.1, -0.05) is 23.7 Å². The Kier molecular flexibility index (Phi) is 8.48. The van der Waals surface area contributed by atoms with Crippen molar-refractivity contribution in [3.05, 3.63) is 70.9 Å². The van der Waals surface area contributed by atoms with E-state index in [0.717, 1.165) is 12.1 Å². The van der Waals surface area contributed by atoms with Gasteiger partial charge in [-0.25, -0.2) is 22.2 Å². The molecule has 1 aromatic heterocycles. The van der Waals surface area contributed by atoms with Crippen molar-refractivity contribution in [3.8, 4) is 16.9 Å². The van der Waals surface area contributed by atoms with E-state index in [4.69, 9.17) is 22.1 Å². The lowest BCUT2D eigenvalue weighted by Gasteiger charge is -2.29. The smallest absolute Gasteiger partial charge is 0.233 e. The summed E-state index contributed by atoms with van der Waals surface area (Å²) in [5.41, 5.74) is 7.50.